The van der Waals surface area contributed by atoms with E-state index in [0.717, 1.165) is 17.8 Å². The van der Waals surface area contributed by atoms with Gasteiger partial charge in [0.1, 0.15) is 0 Å². The molecule has 0 radical (unpaired) electrons. The van der Waals surface area contributed by atoms with Crippen molar-refractivity contribution in [2.75, 3.05) is 0 Å². The molecule has 0 atom stereocenters. The molecule has 0 unspecified atom stereocenters. The first-order valence-electron chi connectivity index (χ1n) is 13.8. The maximum absolute atomic E-state index is 8.55. The molecule has 33 heavy (non-hydrogen) atoms. The van der Waals surface area contributed by atoms with E-state index < -0.39 is 0 Å². The summed E-state index contributed by atoms with van der Waals surface area (Å²) in [6.45, 7) is 2.29. The number of nitriles is 1. The van der Waals surface area contributed by atoms with Crippen molar-refractivity contribution in [2.24, 2.45) is 17.8 Å². The Hall–Kier alpha value is -2.07. The highest BCUT2D eigenvalue weighted by molar-refractivity contribution is 5.26. The minimum Gasteiger partial charge on any atom is -0.193 e. The summed E-state index contributed by atoms with van der Waals surface area (Å²) < 4.78 is 0. The SMILES string of the molecule is CCCCCCCc1ccc([C@H]2CC[C@H](/C=C/[C@H]3CC[C@H](C=CC=CC#N)CC3)CC2)cc1. The molecule has 0 amide bonds. The second-order valence-corrected chi connectivity index (χ2v) is 10.5. The van der Waals surface area contributed by atoms with E-state index >= 15 is 0 Å². The fraction of sp³-hybridized carbons (Fsp3) is 0.594. The van der Waals surface area contributed by atoms with Gasteiger partial charge in [-0.15, -0.1) is 0 Å². The van der Waals surface area contributed by atoms with Crippen LogP contribution in [-0.2, 0) is 6.42 Å². The number of aryl methyl sites for hydroxylation is 1. The maximum atomic E-state index is 8.55. The minimum atomic E-state index is 0.695. The van der Waals surface area contributed by atoms with Crippen LogP contribution in [0.1, 0.15) is 107 Å². The fourth-order valence-corrected chi connectivity index (χ4v) is 5.70. The van der Waals surface area contributed by atoms with Gasteiger partial charge in [-0.25, -0.2) is 0 Å². The Bertz CT molecular complexity index is 775. The van der Waals surface area contributed by atoms with E-state index in [2.05, 4.69) is 49.4 Å². The summed E-state index contributed by atoms with van der Waals surface area (Å²) >= 11 is 0. The van der Waals surface area contributed by atoms with Gasteiger partial charge in [0, 0.05) is 6.08 Å². The average Bonchev–Trinajstić information content (AvgIpc) is 2.87. The van der Waals surface area contributed by atoms with Crippen LogP contribution in [0, 0.1) is 29.1 Å². The lowest BCUT2D eigenvalue weighted by molar-refractivity contribution is 0.348. The normalized spacial score (nSPS) is 26.3. The van der Waals surface area contributed by atoms with Gasteiger partial charge in [0.25, 0.3) is 0 Å². The monoisotopic (exact) mass is 443 g/mol. The molecule has 3 rings (SSSR count). The zero-order chi connectivity index (χ0) is 23.1. The van der Waals surface area contributed by atoms with Crippen LogP contribution in [0.5, 0.6) is 0 Å². The van der Waals surface area contributed by atoms with Gasteiger partial charge in [-0.05, 0) is 99.0 Å². The molecule has 1 nitrogen and oxygen atoms in total. The van der Waals surface area contributed by atoms with E-state index in [1.165, 1.54) is 95.5 Å². The quantitative estimate of drug-likeness (QED) is 0.144. The molecule has 1 aromatic carbocycles. The Balaban J connectivity index is 1.34. The summed E-state index contributed by atoms with van der Waals surface area (Å²) in [5.41, 5.74) is 3.10. The first-order chi connectivity index (χ1) is 16.3. The Morgan fingerprint density at radius 1 is 0.727 bits per heavy atom. The molecule has 0 heterocycles. The summed E-state index contributed by atoms with van der Waals surface area (Å²) in [4.78, 5) is 0. The summed E-state index contributed by atoms with van der Waals surface area (Å²) in [5.74, 6) is 3.03. The molecule has 0 N–H and O–H groups in total. The number of nitrogens with zero attached hydrogens (tertiary/aromatic N) is 1. The Morgan fingerprint density at radius 2 is 1.30 bits per heavy atom. The van der Waals surface area contributed by atoms with Crippen molar-refractivity contribution in [3.05, 3.63) is 71.8 Å². The van der Waals surface area contributed by atoms with Gasteiger partial charge < -0.3 is 0 Å². The zero-order valence-corrected chi connectivity index (χ0v) is 20.9. The van der Waals surface area contributed by atoms with Crippen molar-refractivity contribution in [3.8, 4) is 6.07 Å². The zero-order valence-electron chi connectivity index (χ0n) is 20.9. The van der Waals surface area contributed by atoms with Crippen LogP contribution >= 0.6 is 0 Å². The Morgan fingerprint density at radius 3 is 1.91 bits per heavy atom. The smallest absolute Gasteiger partial charge is 0.0912 e. The van der Waals surface area contributed by atoms with Gasteiger partial charge in [0.05, 0.1) is 6.07 Å². The predicted molar refractivity (Wildman–Crippen MR) is 142 cm³/mol. The minimum absolute atomic E-state index is 0.695. The molecule has 0 bridgehead atoms. The van der Waals surface area contributed by atoms with Crippen LogP contribution in [0.2, 0.25) is 0 Å². The number of rotatable bonds is 11. The third kappa shape index (κ3) is 9.37. The Kier molecular flexibility index (Phi) is 11.6. The lowest BCUT2D eigenvalue weighted by Gasteiger charge is -2.28. The lowest BCUT2D eigenvalue weighted by Crippen LogP contribution is -2.14. The standard InChI is InChI=1S/C32H45N/c1-2-3-4-5-7-10-28-18-22-31(23-19-28)32-24-20-30(21-25-32)17-16-29-14-12-27(13-15-29)11-8-6-9-26-33/h6,8-9,11,16-19,22-23,27,29-30,32H,2-5,7,10,12-15,20-21,24-25H2,1H3/b9-6?,11-8?,17-16+/t27-,29-,30-,32-. The van der Waals surface area contributed by atoms with E-state index in [1.54, 1.807) is 11.6 Å². The molecular formula is C32H45N. The van der Waals surface area contributed by atoms with Crippen LogP contribution in [-0.4, -0.2) is 0 Å². The molecule has 178 valence electrons. The number of hydrogen-bond donors (Lipinski definition) is 0. The van der Waals surface area contributed by atoms with Gasteiger partial charge in [0.2, 0.25) is 0 Å². The molecule has 2 aliphatic rings. The van der Waals surface area contributed by atoms with Crippen LogP contribution in [0.15, 0.2) is 60.7 Å². The van der Waals surface area contributed by atoms with Crippen molar-refractivity contribution in [1.29, 1.82) is 5.26 Å². The van der Waals surface area contributed by atoms with Gasteiger partial charge in [-0.3, -0.25) is 0 Å². The van der Waals surface area contributed by atoms with Crippen LogP contribution in [0.4, 0.5) is 0 Å². The topological polar surface area (TPSA) is 23.8 Å². The number of benzene rings is 1. The van der Waals surface area contributed by atoms with Crippen molar-refractivity contribution in [2.45, 2.75) is 103 Å². The van der Waals surface area contributed by atoms with E-state index in [-0.39, 0.29) is 0 Å². The lowest BCUT2D eigenvalue weighted by atomic mass is 9.77. The van der Waals surface area contributed by atoms with Crippen molar-refractivity contribution in [1.82, 2.24) is 0 Å². The van der Waals surface area contributed by atoms with E-state index in [1.807, 2.05) is 18.2 Å². The summed E-state index contributed by atoms with van der Waals surface area (Å²) in [7, 11) is 0. The highest BCUT2D eigenvalue weighted by Crippen LogP contribution is 2.37. The van der Waals surface area contributed by atoms with Gasteiger partial charge in [-0.1, -0.05) is 87.3 Å². The number of allylic oxidation sites excluding steroid dienone is 6. The summed E-state index contributed by atoms with van der Waals surface area (Å²) in [6.07, 6.45) is 31.5. The van der Waals surface area contributed by atoms with Gasteiger partial charge >= 0.3 is 0 Å². The molecule has 2 saturated carbocycles. The number of unbranched alkanes of at least 4 members (excludes halogenated alkanes) is 4. The fourth-order valence-electron chi connectivity index (χ4n) is 5.70. The molecular weight excluding hydrogens is 398 g/mol. The first kappa shape index (κ1) is 25.6. The van der Waals surface area contributed by atoms with Crippen molar-refractivity contribution < 1.29 is 0 Å². The summed E-state index contributed by atoms with van der Waals surface area (Å²) in [5, 5.41) is 8.55. The van der Waals surface area contributed by atoms with Crippen molar-refractivity contribution >= 4 is 0 Å². The molecule has 0 aliphatic heterocycles. The predicted octanol–water partition coefficient (Wildman–Crippen LogP) is 9.47. The van der Waals surface area contributed by atoms with Crippen molar-refractivity contribution in [3.63, 3.8) is 0 Å². The van der Waals surface area contributed by atoms with Gasteiger partial charge in [0.15, 0.2) is 0 Å². The highest BCUT2D eigenvalue weighted by Gasteiger charge is 2.22. The van der Waals surface area contributed by atoms with E-state index in [0.29, 0.717) is 5.92 Å². The summed E-state index contributed by atoms with van der Waals surface area (Å²) in [6, 6.07) is 11.7. The van der Waals surface area contributed by atoms with Crippen LogP contribution in [0.3, 0.4) is 0 Å². The van der Waals surface area contributed by atoms with Gasteiger partial charge in [-0.2, -0.15) is 5.26 Å². The molecule has 1 aromatic rings. The molecule has 2 fully saturated rings. The third-order valence-electron chi connectivity index (χ3n) is 7.93. The number of hydrogen-bond acceptors (Lipinski definition) is 1. The first-order valence-corrected chi connectivity index (χ1v) is 13.8. The van der Waals surface area contributed by atoms with E-state index in [9.17, 15) is 0 Å². The highest BCUT2D eigenvalue weighted by atomic mass is 14.3. The molecule has 0 spiro atoms. The molecule has 2 aliphatic carbocycles. The second-order valence-electron chi connectivity index (χ2n) is 10.5. The van der Waals surface area contributed by atoms with Crippen LogP contribution < -0.4 is 0 Å². The largest absolute Gasteiger partial charge is 0.193 e. The average molecular weight is 444 g/mol. The molecule has 1 heteroatoms. The van der Waals surface area contributed by atoms with E-state index in [4.69, 9.17) is 5.26 Å². The molecule has 0 aromatic heterocycles. The molecule has 0 saturated heterocycles. The van der Waals surface area contributed by atoms with Crippen LogP contribution in [0.25, 0.3) is 0 Å². The third-order valence-corrected chi connectivity index (χ3v) is 7.93. The second kappa shape index (κ2) is 15.0. The Labute approximate surface area is 203 Å². The maximum Gasteiger partial charge on any atom is 0.0912 e.